The van der Waals surface area contributed by atoms with Crippen LogP contribution in [0.4, 0.5) is 5.69 Å². The molecule has 0 saturated carbocycles. The summed E-state index contributed by atoms with van der Waals surface area (Å²) in [6.45, 7) is 0.0396. The fourth-order valence-corrected chi connectivity index (χ4v) is 4.69. The van der Waals surface area contributed by atoms with E-state index in [1.807, 2.05) is 30.3 Å². The van der Waals surface area contributed by atoms with Crippen molar-refractivity contribution in [3.05, 3.63) is 68.7 Å². The van der Waals surface area contributed by atoms with Crippen molar-refractivity contribution < 1.29 is 4.74 Å². The van der Waals surface area contributed by atoms with Gasteiger partial charge in [0, 0.05) is 11.5 Å². The monoisotopic (exact) mass is 404 g/mol. The van der Waals surface area contributed by atoms with E-state index in [9.17, 15) is 0 Å². The molecule has 0 aromatic heterocycles. The molecule has 1 aliphatic heterocycles. The molecule has 0 spiro atoms. The van der Waals surface area contributed by atoms with Crippen LogP contribution in [0.25, 0.3) is 0 Å². The van der Waals surface area contributed by atoms with E-state index in [1.165, 1.54) is 0 Å². The van der Waals surface area contributed by atoms with E-state index in [0.29, 0.717) is 26.7 Å². The predicted molar refractivity (Wildman–Crippen MR) is 105 cm³/mol. The summed E-state index contributed by atoms with van der Waals surface area (Å²) in [5.41, 5.74) is 2.97. The Labute approximate surface area is 167 Å². The Kier molecular flexibility index (Phi) is 4.75. The molecule has 2 aromatic carbocycles. The van der Waals surface area contributed by atoms with E-state index in [4.69, 9.17) is 44.8 Å². The number of rotatable bonds is 3. The average molecular weight is 406 g/mol. The molecule has 6 heteroatoms. The van der Waals surface area contributed by atoms with Crippen molar-refractivity contribution in [1.82, 2.24) is 0 Å². The average Bonchev–Trinajstić information content (AvgIpc) is 3.13. The van der Waals surface area contributed by atoms with Crippen LogP contribution in [-0.2, 0) is 0 Å². The van der Waals surface area contributed by atoms with Gasteiger partial charge in [0.1, 0.15) is 11.8 Å². The van der Waals surface area contributed by atoms with Gasteiger partial charge in [0.2, 0.25) is 0 Å². The summed E-state index contributed by atoms with van der Waals surface area (Å²) in [7, 11) is 0. The van der Waals surface area contributed by atoms with Crippen molar-refractivity contribution in [2.45, 2.75) is 18.4 Å². The van der Waals surface area contributed by atoms with Crippen LogP contribution < -0.4 is 10.1 Å². The van der Waals surface area contributed by atoms with Gasteiger partial charge in [0.05, 0.1) is 26.8 Å². The van der Waals surface area contributed by atoms with Crippen molar-refractivity contribution in [2.24, 2.45) is 5.92 Å². The molecular formula is C20H15Cl3N2O. The Morgan fingerprint density at radius 2 is 1.92 bits per heavy atom. The van der Waals surface area contributed by atoms with Gasteiger partial charge >= 0.3 is 0 Å². The van der Waals surface area contributed by atoms with E-state index >= 15 is 0 Å². The number of nitrogens with one attached hydrogen (secondary N) is 1. The zero-order chi connectivity index (χ0) is 18.3. The number of anilines is 1. The van der Waals surface area contributed by atoms with E-state index in [2.05, 4.69) is 17.5 Å². The Hall–Kier alpha value is -1.86. The smallest absolute Gasteiger partial charge is 0.174 e. The zero-order valence-corrected chi connectivity index (χ0v) is 15.9. The summed E-state index contributed by atoms with van der Waals surface area (Å²) >= 11 is 19.2. The van der Waals surface area contributed by atoms with Gasteiger partial charge in [0.25, 0.3) is 0 Å². The van der Waals surface area contributed by atoms with Gasteiger partial charge in [-0.2, -0.15) is 5.26 Å². The lowest BCUT2D eigenvalue weighted by molar-refractivity contribution is 0.367. The molecule has 1 heterocycles. The van der Waals surface area contributed by atoms with Gasteiger partial charge in [-0.15, -0.1) is 0 Å². The quantitative estimate of drug-likeness (QED) is 0.476. The van der Waals surface area contributed by atoms with Crippen molar-refractivity contribution in [1.29, 1.82) is 5.26 Å². The third-order valence-corrected chi connectivity index (χ3v) is 6.12. The molecule has 132 valence electrons. The van der Waals surface area contributed by atoms with Crippen LogP contribution >= 0.6 is 34.8 Å². The number of benzene rings is 2. The lowest BCUT2D eigenvalue weighted by Crippen LogP contribution is -2.29. The number of halogens is 3. The zero-order valence-electron chi connectivity index (χ0n) is 13.7. The number of hydrogen-bond acceptors (Lipinski definition) is 3. The summed E-state index contributed by atoms with van der Waals surface area (Å²) in [5.74, 6) is 1.19. The highest BCUT2D eigenvalue weighted by atomic mass is 35.5. The molecule has 3 nitrogen and oxygen atoms in total. The van der Waals surface area contributed by atoms with E-state index < -0.39 is 0 Å². The van der Waals surface area contributed by atoms with Gasteiger partial charge in [-0.3, -0.25) is 0 Å². The first-order chi connectivity index (χ1) is 12.6. The summed E-state index contributed by atoms with van der Waals surface area (Å²) in [6, 6.07) is 11.6. The maximum Gasteiger partial charge on any atom is 0.174 e. The van der Waals surface area contributed by atoms with Crippen LogP contribution in [0.5, 0.6) is 5.75 Å². The van der Waals surface area contributed by atoms with Gasteiger partial charge in [-0.1, -0.05) is 59.1 Å². The molecule has 0 fully saturated rings. The predicted octanol–water partition coefficient (Wildman–Crippen LogP) is 6.38. The summed E-state index contributed by atoms with van der Waals surface area (Å²) in [5, 5.41) is 13.8. The molecule has 3 atom stereocenters. The van der Waals surface area contributed by atoms with Crippen molar-refractivity contribution in [3.8, 4) is 11.8 Å². The summed E-state index contributed by atoms with van der Waals surface area (Å²) in [6.07, 6.45) is 5.34. The lowest BCUT2D eigenvalue weighted by Gasteiger charge is -2.38. The van der Waals surface area contributed by atoms with Crippen LogP contribution in [0.3, 0.4) is 0 Å². The van der Waals surface area contributed by atoms with Crippen LogP contribution in [0.2, 0.25) is 15.1 Å². The number of fused-ring (bicyclic) bond motifs is 3. The van der Waals surface area contributed by atoms with Gasteiger partial charge in [-0.05, 0) is 36.1 Å². The largest absolute Gasteiger partial charge is 0.479 e. The second kappa shape index (κ2) is 7.04. The van der Waals surface area contributed by atoms with E-state index in [-0.39, 0.29) is 18.6 Å². The third kappa shape index (κ3) is 2.93. The van der Waals surface area contributed by atoms with Crippen LogP contribution in [-0.4, -0.2) is 6.61 Å². The molecule has 0 radical (unpaired) electrons. The highest BCUT2D eigenvalue weighted by molar-refractivity contribution is 6.44. The van der Waals surface area contributed by atoms with Crippen molar-refractivity contribution >= 4 is 40.5 Å². The minimum absolute atomic E-state index is 0.0396. The van der Waals surface area contributed by atoms with Gasteiger partial charge in [-0.25, -0.2) is 0 Å². The number of nitrogens with zero attached hydrogens (tertiary/aromatic N) is 1. The molecule has 0 amide bonds. The molecule has 26 heavy (non-hydrogen) atoms. The van der Waals surface area contributed by atoms with Crippen LogP contribution in [0, 0.1) is 17.2 Å². The molecule has 0 saturated heterocycles. The molecule has 4 rings (SSSR count). The fraction of sp³-hybridized carbons (Fsp3) is 0.250. The minimum atomic E-state index is 0.0396. The first-order valence-corrected chi connectivity index (χ1v) is 9.44. The number of nitriles is 1. The number of hydrogen-bond donors (Lipinski definition) is 1. The number of ether oxygens (including phenoxy) is 1. The molecule has 0 bridgehead atoms. The first kappa shape index (κ1) is 17.5. The minimum Gasteiger partial charge on any atom is -0.479 e. The highest BCUT2D eigenvalue weighted by Crippen LogP contribution is 2.55. The SMILES string of the molecule is N#CCOc1ccc([C@@H]2Nc3c(Cl)cc(Cl)c(Cl)c3[C@@H]3C=CC[C@@H]32)cc1. The van der Waals surface area contributed by atoms with Crippen molar-refractivity contribution in [2.75, 3.05) is 11.9 Å². The van der Waals surface area contributed by atoms with E-state index in [1.54, 1.807) is 6.07 Å². The molecule has 2 aliphatic rings. The second-order valence-electron chi connectivity index (χ2n) is 6.43. The summed E-state index contributed by atoms with van der Waals surface area (Å²) in [4.78, 5) is 0. The maximum absolute atomic E-state index is 8.62. The van der Waals surface area contributed by atoms with Crippen LogP contribution in [0.15, 0.2) is 42.5 Å². The molecule has 0 unspecified atom stereocenters. The van der Waals surface area contributed by atoms with Gasteiger partial charge < -0.3 is 10.1 Å². The molecular weight excluding hydrogens is 391 g/mol. The standard InChI is InChI=1S/C20H15Cl3N2O/c21-15-10-16(22)20-17(18(15)23)13-2-1-3-14(13)19(25-20)11-4-6-12(7-5-11)26-9-8-24/h1-2,4-7,10,13-14,19,25H,3,9H2/t13-,14+,19+/m1/s1. The Bertz CT molecular complexity index is 918. The second-order valence-corrected chi connectivity index (χ2v) is 7.63. The van der Waals surface area contributed by atoms with Gasteiger partial charge in [0.15, 0.2) is 6.61 Å². The fourth-order valence-electron chi connectivity index (χ4n) is 3.88. The number of allylic oxidation sites excluding steroid dienone is 2. The molecule has 1 aliphatic carbocycles. The highest BCUT2D eigenvalue weighted by Gasteiger charge is 2.40. The normalized spacial score (nSPS) is 22.9. The molecule has 1 N–H and O–H groups in total. The van der Waals surface area contributed by atoms with Crippen LogP contribution in [0.1, 0.15) is 29.5 Å². The van der Waals surface area contributed by atoms with E-state index in [0.717, 1.165) is 23.2 Å². The summed E-state index contributed by atoms with van der Waals surface area (Å²) < 4.78 is 5.34. The van der Waals surface area contributed by atoms with Crippen molar-refractivity contribution in [3.63, 3.8) is 0 Å². The first-order valence-electron chi connectivity index (χ1n) is 8.30. The Morgan fingerprint density at radius 1 is 1.15 bits per heavy atom. The Balaban J connectivity index is 1.72. The maximum atomic E-state index is 8.62. The Morgan fingerprint density at radius 3 is 2.65 bits per heavy atom. The topological polar surface area (TPSA) is 45.0 Å². The third-order valence-electron chi connectivity index (χ3n) is 5.02. The molecule has 2 aromatic rings. The lowest BCUT2D eigenvalue weighted by atomic mass is 9.77.